The number of hydrogen-bond acceptors (Lipinski definition) is 4. The molecule has 1 fully saturated rings. The lowest BCUT2D eigenvalue weighted by molar-refractivity contribution is -0.119. The van der Waals surface area contributed by atoms with Crippen LogP contribution in [0, 0.1) is 0 Å². The smallest absolute Gasteiger partial charge is 0.227 e. The summed E-state index contributed by atoms with van der Waals surface area (Å²) in [7, 11) is 0. The highest BCUT2D eigenvalue weighted by Gasteiger charge is 2.17. The molecule has 110 valence electrons. The highest BCUT2D eigenvalue weighted by Crippen LogP contribution is 2.27. The molecule has 0 radical (unpaired) electrons. The summed E-state index contributed by atoms with van der Waals surface area (Å²) in [4.78, 5) is 11.9. The van der Waals surface area contributed by atoms with Crippen LogP contribution in [-0.4, -0.2) is 38.3 Å². The summed E-state index contributed by atoms with van der Waals surface area (Å²) in [6, 6.07) is 5.21. The summed E-state index contributed by atoms with van der Waals surface area (Å²) >= 11 is 6.07. The zero-order valence-electron chi connectivity index (χ0n) is 11.4. The number of rotatable bonds is 5. The minimum Gasteiger partial charge on any atom is -0.492 e. The van der Waals surface area contributed by atoms with Crippen LogP contribution in [-0.2, 0) is 9.53 Å². The Kier molecular flexibility index (Phi) is 5.64. The van der Waals surface area contributed by atoms with Gasteiger partial charge in [0.25, 0.3) is 0 Å². The van der Waals surface area contributed by atoms with E-state index in [1.807, 2.05) is 6.92 Å². The number of ether oxygens (including phenoxy) is 2. The SMILES string of the molecule is CCOc1ccc(NC(=O)CC2CNCCO2)cc1Cl. The Balaban J connectivity index is 1.88. The number of halogens is 1. The standard InChI is InChI=1S/C14H19ClN2O3/c1-2-19-13-4-3-10(7-12(13)15)17-14(18)8-11-9-16-5-6-20-11/h3-4,7,11,16H,2,5-6,8-9H2,1H3,(H,17,18). The Morgan fingerprint density at radius 3 is 3.10 bits per heavy atom. The van der Waals surface area contributed by atoms with E-state index in [1.54, 1.807) is 18.2 Å². The van der Waals surface area contributed by atoms with Gasteiger partial charge < -0.3 is 20.1 Å². The maximum absolute atomic E-state index is 11.9. The van der Waals surface area contributed by atoms with Gasteiger partial charge in [-0.25, -0.2) is 0 Å². The fourth-order valence-corrected chi connectivity index (χ4v) is 2.26. The summed E-state index contributed by atoms with van der Waals surface area (Å²) in [5, 5.41) is 6.49. The summed E-state index contributed by atoms with van der Waals surface area (Å²) in [6.07, 6.45) is 0.264. The zero-order chi connectivity index (χ0) is 14.4. The molecule has 0 aromatic heterocycles. The van der Waals surface area contributed by atoms with Gasteiger partial charge in [0, 0.05) is 18.8 Å². The van der Waals surface area contributed by atoms with E-state index in [1.165, 1.54) is 0 Å². The molecular formula is C14H19ClN2O3. The molecule has 0 bridgehead atoms. The van der Waals surface area contributed by atoms with Crippen LogP contribution in [0.25, 0.3) is 0 Å². The topological polar surface area (TPSA) is 59.6 Å². The van der Waals surface area contributed by atoms with Gasteiger partial charge in [0.1, 0.15) is 5.75 Å². The summed E-state index contributed by atoms with van der Waals surface area (Å²) in [5.41, 5.74) is 0.659. The van der Waals surface area contributed by atoms with E-state index in [-0.39, 0.29) is 12.0 Å². The molecule has 0 aliphatic carbocycles. The van der Waals surface area contributed by atoms with E-state index < -0.39 is 0 Å². The number of carbonyl (C=O) groups excluding carboxylic acids is 1. The van der Waals surface area contributed by atoms with E-state index in [0.29, 0.717) is 42.6 Å². The van der Waals surface area contributed by atoms with Crippen LogP contribution in [0.15, 0.2) is 18.2 Å². The Morgan fingerprint density at radius 2 is 2.45 bits per heavy atom. The van der Waals surface area contributed by atoms with Crippen LogP contribution in [0.5, 0.6) is 5.75 Å². The third-order valence-electron chi connectivity index (χ3n) is 2.93. The second-order valence-electron chi connectivity index (χ2n) is 4.53. The molecule has 1 amide bonds. The molecule has 1 heterocycles. The van der Waals surface area contributed by atoms with Gasteiger partial charge in [0.05, 0.1) is 30.8 Å². The van der Waals surface area contributed by atoms with E-state index in [0.717, 1.165) is 6.54 Å². The summed E-state index contributed by atoms with van der Waals surface area (Å²) in [5.74, 6) is 0.533. The molecule has 1 aromatic carbocycles. The lowest BCUT2D eigenvalue weighted by Gasteiger charge is -2.23. The molecule has 1 saturated heterocycles. The van der Waals surface area contributed by atoms with Crippen molar-refractivity contribution in [3.63, 3.8) is 0 Å². The van der Waals surface area contributed by atoms with Crippen LogP contribution in [0.4, 0.5) is 5.69 Å². The largest absolute Gasteiger partial charge is 0.492 e. The van der Waals surface area contributed by atoms with E-state index in [9.17, 15) is 4.79 Å². The highest BCUT2D eigenvalue weighted by atomic mass is 35.5. The number of nitrogens with one attached hydrogen (secondary N) is 2. The number of benzene rings is 1. The van der Waals surface area contributed by atoms with Gasteiger partial charge in [-0.05, 0) is 25.1 Å². The van der Waals surface area contributed by atoms with Gasteiger partial charge in [-0.1, -0.05) is 11.6 Å². The van der Waals surface area contributed by atoms with Gasteiger partial charge in [-0.3, -0.25) is 4.79 Å². The third kappa shape index (κ3) is 4.37. The molecule has 2 N–H and O–H groups in total. The van der Waals surface area contributed by atoms with E-state index in [4.69, 9.17) is 21.1 Å². The maximum Gasteiger partial charge on any atom is 0.227 e. The molecule has 1 aliphatic heterocycles. The van der Waals surface area contributed by atoms with Gasteiger partial charge in [-0.2, -0.15) is 0 Å². The Morgan fingerprint density at radius 1 is 1.60 bits per heavy atom. The fraction of sp³-hybridized carbons (Fsp3) is 0.500. The average molecular weight is 299 g/mol. The number of carbonyl (C=O) groups is 1. The van der Waals surface area contributed by atoms with Crippen molar-refractivity contribution in [1.82, 2.24) is 5.32 Å². The number of hydrogen-bond donors (Lipinski definition) is 2. The third-order valence-corrected chi connectivity index (χ3v) is 3.23. The van der Waals surface area contributed by atoms with Crippen LogP contribution in [0.2, 0.25) is 5.02 Å². The Bertz CT molecular complexity index is 462. The van der Waals surface area contributed by atoms with Gasteiger partial charge in [0.2, 0.25) is 5.91 Å². The van der Waals surface area contributed by atoms with Crippen molar-refractivity contribution >= 4 is 23.2 Å². The van der Waals surface area contributed by atoms with Crippen LogP contribution < -0.4 is 15.4 Å². The molecule has 1 unspecified atom stereocenters. The van der Waals surface area contributed by atoms with Crippen molar-refractivity contribution in [2.24, 2.45) is 0 Å². The second-order valence-corrected chi connectivity index (χ2v) is 4.93. The predicted octanol–water partition coefficient (Wildman–Crippen LogP) is 2.06. The average Bonchev–Trinajstić information content (AvgIpc) is 2.43. The van der Waals surface area contributed by atoms with E-state index >= 15 is 0 Å². The van der Waals surface area contributed by atoms with Crippen molar-refractivity contribution in [2.45, 2.75) is 19.4 Å². The second kappa shape index (κ2) is 7.47. The minimum atomic E-state index is -0.0843. The number of amides is 1. The molecule has 20 heavy (non-hydrogen) atoms. The summed E-state index contributed by atoms with van der Waals surface area (Å²) < 4.78 is 10.8. The van der Waals surface area contributed by atoms with Gasteiger partial charge in [-0.15, -0.1) is 0 Å². The maximum atomic E-state index is 11.9. The minimum absolute atomic E-state index is 0.0677. The monoisotopic (exact) mass is 298 g/mol. The van der Waals surface area contributed by atoms with Crippen molar-refractivity contribution < 1.29 is 14.3 Å². The summed E-state index contributed by atoms with van der Waals surface area (Å²) in [6.45, 7) is 4.64. The molecule has 5 nitrogen and oxygen atoms in total. The molecule has 1 aliphatic rings. The van der Waals surface area contributed by atoms with Gasteiger partial charge in [0.15, 0.2) is 0 Å². The molecule has 0 saturated carbocycles. The first kappa shape index (κ1) is 15.1. The molecule has 1 atom stereocenters. The molecule has 2 rings (SSSR count). The molecule has 1 aromatic rings. The molecular weight excluding hydrogens is 280 g/mol. The molecule has 6 heteroatoms. The fourth-order valence-electron chi connectivity index (χ4n) is 2.02. The number of anilines is 1. The first-order chi connectivity index (χ1) is 9.69. The van der Waals surface area contributed by atoms with Crippen molar-refractivity contribution in [3.8, 4) is 5.75 Å². The lowest BCUT2D eigenvalue weighted by atomic mass is 10.2. The van der Waals surface area contributed by atoms with Crippen molar-refractivity contribution in [3.05, 3.63) is 23.2 Å². The van der Waals surface area contributed by atoms with Gasteiger partial charge >= 0.3 is 0 Å². The quantitative estimate of drug-likeness (QED) is 0.873. The number of morpholine rings is 1. The van der Waals surface area contributed by atoms with E-state index in [2.05, 4.69) is 10.6 Å². The highest BCUT2D eigenvalue weighted by molar-refractivity contribution is 6.32. The first-order valence-electron chi connectivity index (χ1n) is 6.73. The van der Waals surface area contributed by atoms with Crippen LogP contribution >= 0.6 is 11.6 Å². The molecule has 0 spiro atoms. The zero-order valence-corrected chi connectivity index (χ0v) is 12.2. The predicted molar refractivity (Wildman–Crippen MR) is 78.5 cm³/mol. The van der Waals surface area contributed by atoms with Crippen LogP contribution in [0.1, 0.15) is 13.3 Å². The normalized spacial score (nSPS) is 18.6. The Hall–Kier alpha value is -1.30. The lowest BCUT2D eigenvalue weighted by Crippen LogP contribution is -2.40. The van der Waals surface area contributed by atoms with Crippen LogP contribution in [0.3, 0.4) is 0 Å². The van der Waals surface area contributed by atoms with Crippen molar-refractivity contribution in [1.29, 1.82) is 0 Å². The Labute approximate surface area is 123 Å². The van der Waals surface area contributed by atoms with Crippen molar-refractivity contribution in [2.75, 3.05) is 31.6 Å². The first-order valence-corrected chi connectivity index (χ1v) is 7.11.